The van der Waals surface area contributed by atoms with Crippen LogP contribution in [0.25, 0.3) is 0 Å². The van der Waals surface area contributed by atoms with E-state index in [4.69, 9.17) is 0 Å². The molecule has 0 saturated carbocycles. The molecular weight excluding hydrogens is 532 g/mol. The average molecular weight is 572 g/mol. The molecule has 0 aliphatic carbocycles. The molecule has 5 nitrogen and oxygen atoms in total. The van der Waals surface area contributed by atoms with Crippen LogP contribution in [0.5, 0.6) is 0 Å². The number of alkyl halides is 6. The van der Waals surface area contributed by atoms with E-state index in [9.17, 15) is 26.3 Å². The molecule has 2 fully saturated rings. The molecule has 1 atom stereocenters. The van der Waals surface area contributed by atoms with Gasteiger partial charge in [-0.05, 0) is 44.2 Å². The Morgan fingerprint density at radius 3 is 1.90 bits per heavy atom. The van der Waals surface area contributed by atoms with Gasteiger partial charge in [-0.2, -0.15) is 26.3 Å². The minimum atomic E-state index is -4.38. The Morgan fingerprint density at radius 2 is 1.30 bits per heavy atom. The standard InChI is InChI=1S/C29H39F6N5/c1-21-4-6-23(25(16-21)28(30,31)32)18-36-8-9-38-11-10-37(3)27(20-38)40-14-12-39(13-15-40)19-24-7-5-22(2)17-26(24)29(33,34)35/h4-7,16-17,27,36H,8-15,18-20H2,1-3H3. The van der Waals surface area contributed by atoms with Crippen LogP contribution in [-0.4, -0.2) is 91.7 Å². The predicted molar refractivity (Wildman–Crippen MR) is 144 cm³/mol. The van der Waals surface area contributed by atoms with E-state index in [1.165, 1.54) is 12.1 Å². The van der Waals surface area contributed by atoms with Gasteiger partial charge < -0.3 is 5.32 Å². The summed E-state index contributed by atoms with van der Waals surface area (Å²) >= 11 is 0. The Morgan fingerprint density at radius 1 is 0.750 bits per heavy atom. The number of hydrogen-bond donors (Lipinski definition) is 1. The lowest BCUT2D eigenvalue weighted by Crippen LogP contribution is -2.62. The van der Waals surface area contributed by atoms with Crippen molar-refractivity contribution in [3.63, 3.8) is 0 Å². The second-order valence-electron chi connectivity index (χ2n) is 11.1. The number of likely N-dealkylation sites (N-methyl/N-ethyl adjacent to an activating group) is 1. The highest BCUT2D eigenvalue weighted by molar-refractivity contribution is 5.34. The summed E-state index contributed by atoms with van der Waals surface area (Å²) in [7, 11) is 2.09. The van der Waals surface area contributed by atoms with Crippen LogP contribution in [0.3, 0.4) is 0 Å². The van der Waals surface area contributed by atoms with Crippen molar-refractivity contribution in [2.75, 3.05) is 66.0 Å². The van der Waals surface area contributed by atoms with Gasteiger partial charge in [0, 0.05) is 72.0 Å². The highest BCUT2D eigenvalue weighted by Gasteiger charge is 2.36. The third-order valence-corrected chi connectivity index (χ3v) is 7.98. The highest BCUT2D eigenvalue weighted by Crippen LogP contribution is 2.34. The number of halogens is 6. The number of hydrogen-bond acceptors (Lipinski definition) is 5. The molecule has 2 aliphatic rings. The number of aryl methyl sites for hydroxylation is 2. The SMILES string of the molecule is Cc1ccc(CNCCN2CCN(C)C(N3CCN(Cc4ccc(C)cc4C(F)(F)F)CC3)C2)c(C(F)(F)F)c1. The molecule has 1 unspecified atom stereocenters. The summed E-state index contributed by atoms with van der Waals surface area (Å²) in [6, 6.07) is 8.98. The number of benzene rings is 2. The lowest BCUT2D eigenvalue weighted by Gasteiger charge is -2.47. The fourth-order valence-corrected chi connectivity index (χ4v) is 5.63. The summed E-state index contributed by atoms with van der Waals surface area (Å²) in [5, 5.41) is 3.18. The van der Waals surface area contributed by atoms with E-state index < -0.39 is 23.5 Å². The second-order valence-corrected chi connectivity index (χ2v) is 11.1. The molecular formula is C29H39F6N5. The maximum absolute atomic E-state index is 13.6. The van der Waals surface area contributed by atoms with Crippen LogP contribution >= 0.6 is 0 Å². The van der Waals surface area contributed by atoms with Gasteiger partial charge in [0.15, 0.2) is 0 Å². The molecule has 2 heterocycles. The summed E-state index contributed by atoms with van der Waals surface area (Å²) < 4.78 is 80.9. The van der Waals surface area contributed by atoms with Gasteiger partial charge in [0.2, 0.25) is 0 Å². The van der Waals surface area contributed by atoms with Crippen LogP contribution in [0.15, 0.2) is 36.4 Å². The smallest absolute Gasteiger partial charge is 0.311 e. The van der Waals surface area contributed by atoms with E-state index in [0.29, 0.717) is 36.3 Å². The number of nitrogens with one attached hydrogen (secondary N) is 1. The monoisotopic (exact) mass is 571 g/mol. The normalized spacial score (nSPS) is 20.8. The summed E-state index contributed by atoms with van der Waals surface area (Å²) in [5.41, 5.74) is 0.607. The summed E-state index contributed by atoms with van der Waals surface area (Å²) in [5.74, 6) is 0. The van der Waals surface area contributed by atoms with Crippen LogP contribution in [0, 0.1) is 13.8 Å². The molecule has 0 spiro atoms. The molecule has 11 heteroatoms. The molecule has 40 heavy (non-hydrogen) atoms. The highest BCUT2D eigenvalue weighted by atomic mass is 19.4. The van der Waals surface area contributed by atoms with E-state index in [2.05, 4.69) is 32.0 Å². The Kier molecular flexibility index (Phi) is 9.82. The van der Waals surface area contributed by atoms with E-state index in [-0.39, 0.29) is 24.8 Å². The summed E-state index contributed by atoms with van der Waals surface area (Å²) in [6.07, 6.45) is -8.55. The molecule has 0 radical (unpaired) electrons. The molecule has 4 rings (SSSR count). The molecule has 0 amide bonds. The third kappa shape index (κ3) is 7.97. The van der Waals surface area contributed by atoms with Gasteiger partial charge in [0.05, 0.1) is 17.3 Å². The average Bonchev–Trinajstić information content (AvgIpc) is 2.88. The van der Waals surface area contributed by atoms with Crippen molar-refractivity contribution in [1.29, 1.82) is 0 Å². The van der Waals surface area contributed by atoms with Crippen LogP contribution in [-0.2, 0) is 25.4 Å². The van der Waals surface area contributed by atoms with Gasteiger partial charge in [0.1, 0.15) is 0 Å². The Balaban J connectivity index is 1.26. The van der Waals surface area contributed by atoms with Crippen LogP contribution in [0.4, 0.5) is 26.3 Å². The lowest BCUT2D eigenvalue weighted by atomic mass is 10.0. The van der Waals surface area contributed by atoms with Crippen LogP contribution in [0.1, 0.15) is 33.4 Å². The predicted octanol–water partition coefficient (Wildman–Crippen LogP) is 4.82. The Labute approximate surface area is 232 Å². The summed E-state index contributed by atoms with van der Waals surface area (Å²) in [6.45, 7) is 10.5. The van der Waals surface area contributed by atoms with Crippen molar-refractivity contribution in [3.05, 3.63) is 69.8 Å². The molecule has 2 aromatic carbocycles. The van der Waals surface area contributed by atoms with E-state index in [0.717, 1.165) is 39.3 Å². The maximum Gasteiger partial charge on any atom is 0.416 e. The first-order valence-corrected chi connectivity index (χ1v) is 13.7. The number of piperazine rings is 2. The Bertz CT molecular complexity index is 1130. The van der Waals surface area contributed by atoms with Gasteiger partial charge in [0.25, 0.3) is 0 Å². The maximum atomic E-state index is 13.6. The topological polar surface area (TPSA) is 25.0 Å². The van der Waals surface area contributed by atoms with Gasteiger partial charge in [-0.15, -0.1) is 0 Å². The van der Waals surface area contributed by atoms with Crippen molar-refractivity contribution in [3.8, 4) is 0 Å². The van der Waals surface area contributed by atoms with E-state index in [1.807, 2.05) is 0 Å². The first-order valence-electron chi connectivity index (χ1n) is 13.7. The van der Waals surface area contributed by atoms with Gasteiger partial charge in [-0.25, -0.2) is 0 Å². The number of nitrogens with zero attached hydrogens (tertiary/aromatic N) is 4. The lowest BCUT2D eigenvalue weighted by molar-refractivity contribution is -0.139. The van der Waals surface area contributed by atoms with Gasteiger partial charge in [-0.3, -0.25) is 19.6 Å². The molecule has 2 aromatic rings. The Hall–Kier alpha value is -2.18. The second kappa shape index (κ2) is 12.8. The largest absolute Gasteiger partial charge is 0.416 e. The van der Waals surface area contributed by atoms with Crippen molar-refractivity contribution in [2.45, 2.75) is 45.5 Å². The molecule has 2 saturated heterocycles. The third-order valence-electron chi connectivity index (χ3n) is 7.98. The molecule has 1 N–H and O–H groups in total. The number of rotatable bonds is 8. The molecule has 222 valence electrons. The molecule has 0 aromatic heterocycles. The van der Waals surface area contributed by atoms with Crippen molar-refractivity contribution in [1.82, 2.24) is 24.9 Å². The molecule has 0 bridgehead atoms. The first kappa shape index (κ1) is 30.8. The quantitative estimate of drug-likeness (QED) is 0.362. The fourth-order valence-electron chi connectivity index (χ4n) is 5.63. The van der Waals surface area contributed by atoms with Crippen molar-refractivity contribution in [2.24, 2.45) is 0 Å². The fraction of sp³-hybridized carbons (Fsp3) is 0.586. The first-order chi connectivity index (χ1) is 18.8. The zero-order chi connectivity index (χ0) is 29.1. The van der Waals surface area contributed by atoms with E-state index >= 15 is 0 Å². The van der Waals surface area contributed by atoms with Crippen molar-refractivity contribution < 1.29 is 26.3 Å². The zero-order valence-corrected chi connectivity index (χ0v) is 23.4. The summed E-state index contributed by atoms with van der Waals surface area (Å²) in [4.78, 5) is 9.11. The van der Waals surface area contributed by atoms with Crippen LogP contribution in [0.2, 0.25) is 0 Å². The zero-order valence-electron chi connectivity index (χ0n) is 23.4. The van der Waals surface area contributed by atoms with Gasteiger partial charge in [-0.1, -0.05) is 35.4 Å². The minimum Gasteiger partial charge on any atom is -0.311 e. The van der Waals surface area contributed by atoms with Crippen molar-refractivity contribution >= 4 is 0 Å². The van der Waals surface area contributed by atoms with E-state index in [1.54, 1.807) is 38.1 Å². The van der Waals surface area contributed by atoms with Gasteiger partial charge >= 0.3 is 12.4 Å². The van der Waals surface area contributed by atoms with Crippen LogP contribution < -0.4 is 5.32 Å². The minimum absolute atomic E-state index is 0.158. The molecule has 2 aliphatic heterocycles.